The summed E-state index contributed by atoms with van der Waals surface area (Å²) in [5.74, 6) is 0.754. The monoisotopic (exact) mass is 543 g/mol. The van der Waals surface area contributed by atoms with E-state index in [1.54, 1.807) is 0 Å². The molecule has 0 saturated heterocycles. The van der Waals surface area contributed by atoms with Gasteiger partial charge in [-0.05, 0) is 88.4 Å². The molecule has 5 aromatic rings. The SMILES string of the molecule is CC(C)(Oc1ccc(C(=O)c2ccccc2)cc1)C(C)(C)[P+](c1ccccc1)(c1ccccc1)c1ccccc1. The van der Waals surface area contributed by atoms with Crippen LogP contribution in [0.1, 0.15) is 43.6 Å². The Morgan fingerprint density at radius 1 is 0.500 bits per heavy atom. The van der Waals surface area contributed by atoms with Crippen LogP contribution in [0.4, 0.5) is 0 Å². The molecular weight excluding hydrogens is 507 g/mol. The van der Waals surface area contributed by atoms with Gasteiger partial charge in [0, 0.05) is 11.1 Å². The third-order valence-electron chi connectivity index (χ3n) is 8.27. The predicted molar refractivity (Wildman–Crippen MR) is 170 cm³/mol. The van der Waals surface area contributed by atoms with Crippen molar-refractivity contribution in [1.82, 2.24) is 0 Å². The van der Waals surface area contributed by atoms with E-state index in [1.807, 2.05) is 54.6 Å². The first kappa shape index (κ1) is 27.6. The lowest BCUT2D eigenvalue weighted by atomic mass is 9.93. The molecule has 0 aliphatic heterocycles. The highest BCUT2D eigenvalue weighted by Crippen LogP contribution is 2.69. The van der Waals surface area contributed by atoms with Crippen molar-refractivity contribution in [2.24, 2.45) is 0 Å². The lowest BCUT2D eigenvalue weighted by Crippen LogP contribution is -2.58. The maximum Gasteiger partial charge on any atom is 0.193 e. The topological polar surface area (TPSA) is 26.3 Å². The molecule has 5 aromatic carbocycles. The fraction of sp³-hybridized carbons (Fsp3) is 0.162. The van der Waals surface area contributed by atoms with E-state index < -0.39 is 12.9 Å². The molecule has 40 heavy (non-hydrogen) atoms. The Morgan fingerprint density at radius 3 is 1.25 bits per heavy atom. The average Bonchev–Trinajstić information content (AvgIpc) is 2.99. The first-order valence-electron chi connectivity index (χ1n) is 13.7. The molecule has 0 N–H and O–H groups in total. The Kier molecular flexibility index (Phi) is 7.74. The molecular formula is C37H36O2P+. The Hall–Kier alpha value is -4.00. The molecule has 0 aliphatic carbocycles. The van der Waals surface area contributed by atoms with Crippen LogP contribution < -0.4 is 20.7 Å². The summed E-state index contributed by atoms with van der Waals surface area (Å²) >= 11 is 0. The van der Waals surface area contributed by atoms with Crippen molar-refractivity contribution >= 4 is 29.0 Å². The minimum Gasteiger partial charge on any atom is -0.483 e. The van der Waals surface area contributed by atoms with Crippen molar-refractivity contribution < 1.29 is 9.53 Å². The third-order valence-corrected chi connectivity index (χ3v) is 13.7. The van der Waals surface area contributed by atoms with Gasteiger partial charge in [-0.1, -0.05) is 84.9 Å². The van der Waals surface area contributed by atoms with Gasteiger partial charge in [-0.25, -0.2) is 0 Å². The summed E-state index contributed by atoms with van der Waals surface area (Å²) in [4.78, 5) is 13.0. The van der Waals surface area contributed by atoms with Crippen molar-refractivity contribution in [3.63, 3.8) is 0 Å². The summed E-state index contributed by atoms with van der Waals surface area (Å²) in [7, 11) is -2.26. The molecule has 0 fully saturated rings. The van der Waals surface area contributed by atoms with Crippen LogP contribution >= 0.6 is 7.26 Å². The van der Waals surface area contributed by atoms with Crippen molar-refractivity contribution in [2.75, 3.05) is 0 Å². The fourth-order valence-corrected chi connectivity index (χ4v) is 11.2. The summed E-state index contributed by atoms with van der Waals surface area (Å²) < 4.78 is 6.89. The van der Waals surface area contributed by atoms with Gasteiger partial charge in [0.2, 0.25) is 0 Å². The highest BCUT2D eigenvalue weighted by molar-refractivity contribution is 7.97. The van der Waals surface area contributed by atoms with Crippen LogP contribution in [0.3, 0.4) is 0 Å². The minimum absolute atomic E-state index is 0.00826. The van der Waals surface area contributed by atoms with Crippen LogP contribution in [0, 0.1) is 0 Å². The second-order valence-corrected chi connectivity index (χ2v) is 15.1. The van der Waals surface area contributed by atoms with E-state index in [4.69, 9.17) is 4.74 Å². The van der Waals surface area contributed by atoms with Gasteiger partial charge in [-0.3, -0.25) is 4.79 Å². The maximum absolute atomic E-state index is 13.0. The van der Waals surface area contributed by atoms with Gasteiger partial charge in [0.25, 0.3) is 0 Å². The van der Waals surface area contributed by atoms with Gasteiger partial charge >= 0.3 is 0 Å². The van der Waals surface area contributed by atoms with Gasteiger partial charge in [0.05, 0.1) is 0 Å². The maximum atomic E-state index is 13.0. The molecule has 200 valence electrons. The van der Waals surface area contributed by atoms with Crippen LogP contribution in [-0.4, -0.2) is 16.5 Å². The number of hydrogen-bond acceptors (Lipinski definition) is 2. The molecule has 0 unspecified atom stereocenters. The fourth-order valence-electron chi connectivity index (χ4n) is 5.62. The molecule has 0 atom stereocenters. The van der Waals surface area contributed by atoms with E-state index in [0.717, 1.165) is 5.75 Å². The number of rotatable bonds is 9. The molecule has 3 heteroatoms. The van der Waals surface area contributed by atoms with Crippen LogP contribution in [-0.2, 0) is 0 Å². The van der Waals surface area contributed by atoms with Gasteiger partial charge < -0.3 is 4.74 Å². The van der Waals surface area contributed by atoms with Crippen LogP contribution in [0.5, 0.6) is 5.75 Å². The predicted octanol–water partition coefficient (Wildman–Crippen LogP) is 7.85. The van der Waals surface area contributed by atoms with Crippen molar-refractivity contribution in [1.29, 1.82) is 0 Å². The molecule has 0 radical (unpaired) electrons. The van der Waals surface area contributed by atoms with Crippen molar-refractivity contribution in [3.8, 4) is 5.75 Å². The summed E-state index contributed by atoms with van der Waals surface area (Å²) in [6.07, 6.45) is 0. The first-order valence-corrected chi connectivity index (χ1v) is 15.5. The molecule has 2 nitrogen and oxygen atoms in total. The van der Waals surface area contributed by atoms with E-state index >= 15 is 0 Å². The summed E-state index contributed by atoms with van der Waals surface area (Å²) in [6.45, 7) is 9.08. The third kappa shape index (κ3) is 4.89. The van der Waals surface area contributed by atoms with Gasteiger partial charge in [0.15, 0.2) is 5.78 Å². The number of benzene rings is 5. The second kappa shape index (κ2) is 11.2. The van der Waals surface area contributed by atoms with Crippen molar-refractivity contribution in [3.05, 3.63) is 157 Å². The zero-order valence-corrected chi connectivity index (χ0v) is 24.5. The standard InChI is InChI=1S/C37H36O2P/c1-36(2,39-31-27-25-30(26-28-31)35(38)29-17-9-5-10-18-29)37(3,4)40(32-19-11-6-12-20-32,33-21-13-7-14-22-33)34-23-15-8-16-24-34/h5-28H,1-4H3/q+1. The van der Waals surface area contributed by atoms with E-state index in [0.29, 0.717) is 11.1 Å². The minimum atomic E-state index is -2.26. The number of carbonyl (C=O) groups excluding carboxylic acids is 1. The Labute approximate surface area is 239 Å². The molecule has 0 spiro atoms. The zero-order chi connectivity index (χ0) is 28.2. The first-order chi connectivity index (χ1) is 19.3. The Bertz CT molecular complexity index is 1450. The van der Waals surface area contributed by atoms with Gasteiger partial charge in [0.1, 0.15) is 39.7 Å². The van der Waals surface area contributed by atoms with Gasteiger partial charge in [-0.2, -0.15) is 0 Å². The zero-order valence-electron chi connectivity index (χ0n) is 23.6. The molecule has 0 amide bonds. The van der Waals surface area contributed by atoms with Crippen LogP contribution in [0.25, 0.3) is 0 Å². The van der Waals surface area contributed by atoms with Crippen LogP contribution in [0.15, 0.2) is 146 Å². The number of carbonyl (C=O) groups is 1. The Morgan fingerprint density at radius 2 is 0.850 bits per heavy atom. The van der Waals surface area contributed by atoms with Crippen molar-refractivity contribution in [2.45, 2.75) is 38.5 Å². The number of ether oxygens (including phenoxy) is 1. The number of hydrogen-bond donors (Lipinski definition) is 0. The quantitative estimate of drug-likeness (QED) is 0.140. The van der Waals surface area contributed by atoms with Crippen LogP contribution in [0.2, 0.25) is 0 Å². The van der Waals surface area contributed by atoms with E-state index in [1.165, 1.54) is 15.9 Å². The summed E-state index contributed by atoms with van der Waals surface area (Å²) in [6, 6.07) is 49.7. The molecule has 0 saturated carbocycles. The lowest BCUT2D eigenvalue weighted by molar-refractivity contribution is 0.0744. The largest absolute Gasteiger partial charge is 0.483 e. The average molecular weight is 544 g/mol. The summed E-state index contributed by atoms with van der Waals surface area (Å²) in [5, 5.41) is 3.61. The molecule has 0 heterocycles. The summed E-state index contributed by atoms with van der Waals surface area (Å²) in [5.41, 5.74) is 0.740. The van der Waals surface area contributed by atoms with E-state index in [9.17, 15) is 4.79 Å². The second-order valence-electron chi connectivity index (χ2n) is 11.1. The lowest BCUT2D eigenvalue weighted by Gasteiger charge is -2.48. The highest BCUT2D eigenvalue weighted by Gasteiger charge is 2.65. The Balaban J connectivity index is 1.59. The molecule has 5 rings (SSSR count). The van der Waals surface area contributed by atoms with Gasteiger partial charge in [-0.15, -0.1) is 0 Å². The smallest absolute Gasteiger partial charge is 0.193 e. The number of ketones is 1. The molecule has 0 aromatic heterocycles. The molecule has 0 aliphatic rings. The van der Waals surface area contributed by atoms with E-state index in [-0.39, 0.29) is 10.9 Å². The highest BCUT2D eigenvalue weighted by atomic mass is 31.2. The normalized spacial score (nSPS) is 12.1. The van der Waals surface area contributed by atoms with E-state index in [2.05, 4.69) is 119 Å². The molecule has 0 bridgehead atoms.